The van der Waals surface area contributed by atoms with Crippen molar-refractivity contribution in [1.82, 2.24) is 14.5 Å². The Labute approximate surface area is 124 Å². The Morgan fingerprint density at radius 1 is 1.38 bits per heavy atom. The Balaban J connectivity index is 1.69. The highest BCUT2D eigenvalue weighted by Gasteiger charge is 2.13. The van der Waals surface area contributed by atoms with Crippen molar-refractivity contribution in [3.63, 3.8) is 0 Å². The molecular weight excluding hydrogens is 266 g/mol. The molecule has 0 atom stereocenters. The first-order valence-electron chi connectivity index (χ1n) is 7.63. The van der Waals surface area contributed by atoms with Gasteiger partial charge in [-0.05, 0) is 32.0 Å². The summed E-state index contributed by atoms with van der Waals surface area (Å²) >= 11 is 0. The van der Waals surface area contributed by atoms with Crippen molar-refractivity contribution < 1.29 is 9.53 Å². The second kappa shape index (κ2) is 6.26. The molecular formula is C16H21N3O2. The topological polar surface area (TPSA) is 46.8 Å². The molecule has 0 aliphatic carbocycles. The first kappa shape index (κ1) is 14.1. The number of ketones is 1. The third-order valence-corrected chi connectivity index (χ3v) is 3.99. The molecule has 0 aromatic carbocycles. The lowest BCUT2D eigenvalue weighted by Crippen LogP contribution is -2.25. The van der Waals surface area contributed by atoms with Gasteiger partial charge in [-0.1, -0.05) is 6.92 Å². The number of carbonyl (C=O) groups is 1. The van der Waals surface area contributed by atoms with Crippen molar-refractivity contribution in [2.75, 3.05) is 26.2 Å². The zero-order valence-electron chi connectivity index (χ0n) is 12.4. The molecule has 5 nitrogen and oxygen atoms in total. The van der Waals surface area contributed by atoms with E-state index < -0.39 is 0 Å². The maximum atomic E-state index is 11.9. The Bertz CT molecular complexity index is 629. The highest BCUT2D eigenvalue weighted by atomic mass is 16.5. The smallest absolute Gasteiger partial charge is 0.166 e. The molecule has 0 radical (unpaired) electrons. The minimum Gasteiger partial charge on any atom is -0.492 e. The third-order valence-electron chi connectivity index (χ3n) is 3.99. The van der Waals surface area contributed by atoms with Gasteiger partial charge in [0.25, 0.3) is 0 Å². The van der Waals surface area contributed by atoms with Gasteiger partial charge in [0.2, 0.25) is 0 Å². The molecule has 1 saturated heterocycles. The lowest BCUT2D eigenvalue weighted by Gasteiger charge is -2.15. The van der Waals surface area contributed by atoms with Gasteiger partial charge < -0.3 is 4.74 Å². The molecule has 2 aromatic heterocycles. The van der Waals surface area contributed by atoms with E-state index in [1.54, 1.807) is 10.7 Å². The maximum Gasteiger partial charge on any atom is 0.166 e. The number of Topliss-reactive ketones (excluding diaryl/α,β-unsaturated/α-hetero) is 1. The molecule has 0 bridgehead atoms. The van der Waals surface area contributed by atoms with Crippen molar-refractivity contribution in [2.45, 2.75) is 26.2 Å². The van der Waals surface area contributed by atoms with Gasteiger partial charge in [-0.2, -0.15) is 5.10 Å². The van der Waals surface area contributed by atoms with Gasteiger partial charge in [-0.15, -0.1) is 0 Å². The Kier molecular flexibility index (Phi) is 4.20. The fraction of sp³-hybridized carbons (Fsp3) is 0.500. The molecule has 0 amide bonds. The zero-order valence-corrected chi connectivity index (χ0v) is 12.4. The van der Waals surface area contributed by atoms with E-state index in [4.69, 9.17) is 4.74 Å². The van der Waals surface area contributed by atoms with Gasteiger partial charge in [0.05, 0.1) is 17.3 Å². The van der Waals surface area contributed by atoms with Gasteiger partial charge in [-0.3, -0.25) is 9.69 Å². The molecule has 1 aliphatic rings. The maximum absolute atomic E-state index is 11.9. The third kappa shape index (κ3) is 3.08. The van der Waals surface area contributed by atoms with Crippen LogP contribution in [0.1, 0.15) is 36.5 Å². The second-order valence-electron chi connectivity index (χ2n) is 5.42. The lowest BCUT2D eigenvalue weighted by atomic mass is 10.1. The highest BCUT2D eigenvalue weighted by Crippen LogP contribution is 2.19. The zero-order chi connectivity index (χ0) is 14.7. The summed E-state index contributed by atoms with van der Waals surface area (Å²) in [6, 6.07) is 3.80. The van der Waals surface area contributed by atoms with Crippen LogP contribution in [0.15, 0.2) is 24.5 Å². The van der Waals surface area contributed by atoms with E-state index in [1.165, 1.54) is 25.9 Å². The molecule has 0 N–H and O–H groups in total. The number of ether oxygens (including phenoxy) is 1. The number of fused-ring (bicyclic) bond motifs is 1. The van der Waals surface area contributed by atoms with Crippen molar-refractivity contribution in [2.24, 2.45) is 0 Å². The summed E-state index contributed by atoms with van der Waals surface area (Å²) in [6.07, 6.45) is 6.55. The summed E-state index contributed by atoms with van der Waals surface area (Å²) in [5.41, 5.74) is 1.49. The molecule has 0 spiro atoms. The number of rotatable bonds is 6. The first-order valence-corrected chi connectivity index (χ1v) is 7.63. The van der Waals surface area contributed by atoms with E-state index in [1.807, 2.05) is 25.3 Å². The largest absolute Gasteiger partial charge is 0.492 e. The average Bonchev–Trinajstić information content (AvgIpc) is 3.15. The number of aromatic nitrogens is 2. The van der Waals surface area contributed by atoms with Gasteiger partial charge >= 0.3 is 0 Å². The van der Waals surface area contributed by atoms with Crippen LogP contribution in [-0.2, 0) is 0 Å². The molecule has 5 heteroatoms. The van der Waals surface area contributed by atoms with E-state index in [9.17, 15) is 4.79 Å². The summed E-state index contributed by atoms with van der Waals surface area (Å²) in [7, 11) is 0. The molecule has 1 aliphatic heterocycles. The molecule has 0 saturated carbocycles. The van der Waals surface area contributed by atoms with Gasteiger partial charge in [0, 0.05) is 25.2 Å². The van der Waals surface area contributed by atoms with Crippen LogP contribution in [0, 0.1) is 0 Å². The van der Waals surface area contributed by atoms with Crippen molar-refractivity contribution in [3.05, 3.63) is 30.1 Å². The number of hydrogen-bond acceptors (Lipinski definition) is 4. The Hall–Kier alpha value is -1.88. The molecule has 3 rings (SSSR count). The minimum atomic E-state index is 0.110. The summed E-state index contributed by atoms with van der Waals surface area (Å²) < 4.78 is 7.54. The Morgan fingerprint density at radius 3 is 2.95 bits per heavy atom. The number of likely N-dealkylation sites (tertiary alicyclic amines) is 1. The fourth-order valence-electron chi connectivity index (χ4n) is 2.76. The SMILES string of the molecule is CCC(=O)c1cnn2ccc(OCCN3CCCC3)cc12. The van der Waals surface area contributed by atoms with E-state index >= 15 is 0 Å². The van der Waals surface area contributed by atoms with Crippen LogP contribution in [0.25, 0.3) is 5.52 Å². The molecule has 3 heterocycles. The van der Waals surface area contributed by atoms with Gasteiger partial charge in [0.1, 0.15) is 12.4 Å². The quantitative estimate of drug-likeness (QED) is 0.765. The summed E-state index contributed by atoms with van der Waals surface area (Å²) in [5, 5.41) is 4.20. The van der Waals surface area contributed by atoms with Crippen LogP contribution in [0.2, 0.25) is 0 Å². The molecule has 1 fully saturated rings. The first-order chi connectivity index (χ1) is 10.3. The Morgan fingerprint density at radius 2 is 2.19 bits per heavy atom. The van der Waals surface area contributed by atoms with Crippen LogP contribution >= 0.6 is 0 Å². The molecule has 2 aromatic rings. The second-order valence-corrected chi connectivity index (χ2v) is 5.42. The normalized spacial score (nSPS) is 15.7. The van der Waals surface area contributed by atoms with E-state index in [2.05, 4.69) is 10.00 Å². The molecule has 0 unspecified atom stereocenters. The number of hydrogen-bond donors (Lipinski definition) is 0. The van der Waals surface area contributed by atoms with Crippen LogP contribution in [-0.4, -0.2) is 46.5 Å². The summed E-state index contributed by atoms with van der Waals surface area (Å²) in [6.45, 7) is 5.87. The van der Waals surface area contributed by atoms with Crippen LogP contribution < -0.4 is 4.74 Å². The van der Waals surface area contributed by atoms with E-state index in [0.717, 1.165) is 17.8 Å². The number of pyridine rings is 1. The van der Waals surface area contributed by atoms with Crippen LogP contribution in [0.5, 0.6) is 5.75 Å². The summed E-state index contributed by atoms with van der Waals surface area (Å²) in [5.74, 6) is 0.909. The highest BCUT2D eigenvalue weighted by molar-refractivity contribution is 6.02. The fourth-order valence-corrected chi connectivity index (χ4v) is 2.76. The molecule has 21 heavy (non-hydrogen) atoms. The van der Waals surface area contributed by atoms with Crippen molar-refractivity contribution in [3.8, 4) is 5.75 Å². The number of nitrogens with zero attached hydrogens (tertiary/aromatic N) is 3. The standard InChI is InChI=1S/C16H21N3O2/c1-2-16(20)14-12-17-19-8-5-13(11-15(14)19)21-10-9-18-6-3-4-7-18/h5,8,11-12H,2-4,6-7,9-10H2,1H3. The van der Waals surface area contributed by atoms with Gasteiger partial charge in [0.15, 0.2) is 5.78 Å². The van der Waals surface area contributed by atoms with E-state index in [-0.39, 0.29) is 5.78 Å². The van der Waals surface area contributed by atoms with Crippen LogP contribution in [0.4, 0.5) is 0 Å². The minimum absolute atomic E-state index is 0.110. The van der Waals surface area contributed by atoms with Crippen LogP contribution in [0.3, 0.4) is 0 Å². The number of carbonyl (C=O) groups excluding carboxylic acids is 1. The average molecular weight is 287 g/mol. The predicted octanol–water partition coefficient (Wildman–Crippen LogP) is 2.40. The van der Waals surface area contributed by atoms with Crippen molar-refractivity contribution >= 4 is 11.3 Å². The van der Waals surface area contributed by atoms with Crippen molar-refractivity contribution in [1.29, 1.82) is 0 Å². The summed E-state index contributed by atoms with van der Waals surface area (Å²) in [4.78, 5) is 14.3. The lowest BCUT2D eigenvalue weighted by molar-refractivity contribution is 0.0989. The van der Waals surface area contributed by atoms with Gasteiger partial charge in [-0.25, -0.2) is 4.52 Å². The van der Waals surface area contributed by atoms with E-state index in [0.29, 0.717) is 18.6 Å². The predicted molar refractivity (Wildman–Crippen MR) is 81.0 cm³/mol. The monoisotopic (exact) mass is 287 g/mol. The molecule has 112 valence electrons.